The van der Waals surface area contributed by atoms with E-state index >= 15 is 0 Å². The van der Waals surface area contributed by atoms with Gasteiger partial charge in [0.25, 0.3) is 0 Å². The summed E-state index contributed by atoms with van der Waals surface area (Å²) in [6.45, 7) is 0. The fraction of sp³-hybridized carbons (Fsp3) is 0.778. The van der Waals surface area contributed by atoms with Gasteiger partial charge in [-0.1, -0.05) is 0 Å². The van der Waals surface area contributed by atoms with Crippen LogP contribution in [0, 0.1) is 0 Å². The first-order chi connectivity index (χ1) is 9.58. The molecule has 13 heteroatoms. The average molecular weight is 366 g/mol. The van der Waals surface area contributed by atoms with Gasteiger partial charge in [0.1, 0.15) is 5.76 Å². The predicted molar refractivity (Wildman–Crippen MR) is 52.8 cm³/mol. The van der Waals surface area contributed by atoms with Gasteiger partial charge < -0.3 is 4.18 Å². The Morgan fingerprint density at radius 3 is 1.77 bits per heavy atom. The van der Waals surface area contributed by atoms with Crippen LogP contribution in [0.1, 0.15) is 19.3 Å². The molecule has 0 spiro atoms. The molecule has 1 aliphatic carbocycles. The summed E-state index contributed by atoms with van der Waals surface area (Å²) in [5.41, 5.74) is 0. The van der Waals surface area contributed by atoms with Crippen LogP contribution in [0.5, 0.6) is 0 Å². The molecule has 0 radical (unpaired) electrons. The lowest BCUT2D eigenvalue weighted by Gasteiger charge is -2.32. The van der Waals surface area contributed by atoms with E-state index < -0.39 is 39.2 Å². The van der Waals surface area contributed by atoms with E-state index in [1.165, 1.54) is 0 Å². The second kappa shape index (κ2) is 5.20. The largest absolute Gasteiger partial charge is 0.460 e. The van der Waals surface area contributed by atoms with Gasteiger partial charge in [-0.3, -0.25) is 0 Å². The van der Waals surface area contributed by atoms with Crippen molar-refractivity contribution in [3.8, 4) is 0 Å². The van der Waals surface area contributed by atoms with E-state index in [1.54, 1.807) is 0 Å². The van der Waals surface area contributed by atoms with Crippen molar-refractivity contribution in [3.63, 3.8) is 0 Å². The second-order valence-electron chi connectivity index (χ2n) is 4.26. The van der Waals surface area contributed by atoms with Crippen LogP contribution in [0.15, 0.2) is 11.8 Å². The molecule has 0 bridgehead atoms. The molecular formula is C9H7F9O3S. The Bertz CT molecular complexity index is 561. The Morgan fingerprint density at radius 1 is 0.909 bits per heavy atom. The first kappa shape index (κ1) is 18.9. The van der Waals surface area contributed by atoms with Crippen LogP contribution in [0.3, 0.4) is 0 Å². The molecule has 0 N–H and O–H groups in total. The lowest BCUT2D eigenvalue weighted by Crippen LogP contribution is -2.63. The highest BCUT2D eigenvalue weighted by Crippen LogP contribution is 2.55. The lowest BCUT2D eigenvalue weighted by atomic mass is 10.1. The summed E-state index contributed by atoms with van der Waals surface area (Å²) in [5, 5.41) is -6.80. The molecule has 0 aromatic carbocycles. The minimum absolute atomic E-state index is 0.144. The van der Waals surface area contributed by atoms with Crippen molar-refractivity contribution in [1.29, 1.82) is 0 Å². The van der Waals surface area contributed by atoms with Crippen LogP contribution in [-0.2, 0) is 14.3 Å². The van der Waals surface area contributed by atoms with Crippen molar-refractivity contribution in [2.45, 2.75) is 42.5 Å². The van der Waals surface area contributed by atoms with Crippen molar-refractivity contribution in [3.05, 3.63) is 11.8 Å². The third-order valence-corrected chi connectivity index (χ3v) is 3.96. The van der Waals surface area contributed by atoms with Crippen molar-refractivity contribution in [2.24, 2.45) is 0 Å². The quantitative estimate of drug-likeness (QED) is 0.549. The molecule has 0 aliphatic heterocycles. The summed E-state index contributed by atoms with van der Waals surface area (Å²) >= 11 is 0. The molecule has 0 amide bonds. The summed E-state index contributed by atoms with van der Waals surface area (Å²) in [5.74, 6) is -15.3. The highest BCUT2D eigenvalue weighted by atomic mass is 32.2. The van der Waals surface area contributed by atoms with E-state index in [4.69, 9.17) is 0 Å². The topological polar surface area (TPSA) is 43.4 Å². The maximum atomic E-state index is 13.2. The second-order valence-corrected chi connectivity index (χ2v) is 5.85. The lowest BCUT2D eigenvalue weighted by molar-refractivity contribution is -0.382. The minimum atomic E-state index is -7.29. The SMILES string of the molecule is O=S(=O)(OC1=CCCC1)C(F)(F)C(F)(F)C(F)(F)C(F)(F)F. The molecule has 0 heterocycles. The first-order valence-corrected chi connectivity index (χ1v) is 6.82. The molecule has 0 fully saturated rings. The van der Waals surface area contributed by atoms with Gasteiger partial charge >= 0.3 is 33.4 Å². The number of alkyl halides is 9. The highest BCUT2D eigenvalue weighted by molar-refractivity contribution is 7.88. The fourth-order valence-corrected chi connectivity index (χ4v) is 2.41. The Kier molecular flexibility index (Phi) is 4.47. The van der Waals surface area contributed by atoms with Crippen molar-refractivity contribution >= 4 is 10.1 Å². The van der Waals surface area contributed by atoms with E-state index in [-0.39, 0.29) is 19.3 Å². The summed E-state index contributed by atoms with van der Waals surface area (Å²) in [6, 6.07) is 0. The van der Waals surface area contributed by atoms with Crippen LogP contribution in [-0.4, -0.2) is 31.7 Å². The molecule has 0 unspecified atom stereocenters. The highest BCUT2D eigenvalue weighted by Gasteiger charge is 2.86. The number of halogens is 9. The van der Waals surface area contributed by atoms with E-state index in [9.17, 15) is 47.9 Å². The summed E-state index contributed by atoms with van der Waals surface area (Å²) in [7, 11) is -6.78. The standard InChI is InChI=1S/C9H7F9O3S/c10-6(11,8(14,15)16)7(12,13)9(17,18)22(19,20)21-5-3-1-2-4-5/h3H,1-2,4H2. The molecule has 1 aliphatic rings. The summed E-state index contributed by atoms with van der Waals surface area (Å²) < 4.78 is 139. The van der Waals surface area contributed by atoms with Crippen LogP contribution in [0.25, 0.3) is 0 Å². The van der Waals surface area contributed by atoms with Gasteiger partial charge in [0.15, 0.2) is 0 Å². The van der Waals surface area contributed by atoms with Gasteiger partial charge in [0, 0.05) is 6.42 Å². The normalized spacial score (nSPS) is 18.3. The van der Waals surface area contributed by atoms with Crippen LogP contribution >= 0.6 is 0 Å². The van der Waals surface area contributed by atoms with Gasteiger partial charge in [-0.2, -0.15) is 47.9 Å². The molecule has 3 nitrogen and oxygen atoms in total. The van der Waals surface area contributed by atoms with E-state index in [1.807, 2.05) is 0 Å². The minimum Gasteiger partial charge on any atom is -0.383 e. The molecule has 0 saturated heterocycles. The molecule has 0 saturated carbocycles. The molecule has 22 heavy (non-hydrogen) atoms. The molecule has 0 aromatic rings. The maximum absolute atomic E-state index is 13.2. The van der Waals surface area contributed by atoms with Crippen LogP contribution < -0.4 is 0 Å². The number of hydrogen-bond donors (Lipinski definition) is 0. The maximum Gasteiger partial charge on any atom is 0.460 e. The van der Waals surface area contributed by atoms with Gasteiger partial charge in [-0.05, 0) is 18.9 Å². The van der Waals surface area contributed by atoms with E-state index in [2.05, 4.69) is 4.18 Å². The van der Waals surface area contributed by atoms with Crippen LogP contribution in [0.2, 0.25) is 0 Å². The average Bonchev–Trinajstić information content (AvgIpc) is 2.78. The van der Waals surface area contributed by atoms with E-state index in [0.717, 1.165) is 6.08 Å². The van der Waals surface area contributed by atoms with Crippen LogP contribution in [0.4, 0.5) is 39.5 Å². The molecule has 0 atom stereocenters. The van der Waals surface area contributed by atoms with Crippen molar-refractivity contribution in [2.75, 3.05) is 0 Å². The predicted octanol–water partition coefficient (Wildman–Crippen LogP) is 3.83. The number of rotatable bonds is 5. The Balaban J connectivity index is 3.25. The Labute approximate surface area is 117 Å². The third-order valence-electron chi connectivity index (χ3n) is 2.65. The zero-order valence-corrected chi connectivity index (χ0v) is 11.0. The third kappa shape index (κ3) is 2.74. The van der Waals surface area contributed by atoms with Gasteiger partial charge in [-0.15, -0.1) is 0 Å². The van der Waals surface area contributed by atoms with Gasteiger partial charge in [0.2, 0.25) is 0 Å². The Hall–Kier alpha value is -1.14. The van der Waals surface area contributed by atoms with Gasteiger partial charge in [0.05, 0.1) is 0 Å². The number of allylic oxidation sites excluding steroid dienone is 2. The zero-order valence-electron chi connectivity index (χ0n) is 10.2. The monoisotopic (exact) mass is 366 g/mol. The van der Waals surface area contributed by atoms with Gasteiger partial charge in [-0.25, -0.2) is 0 Å². The molecular weight excluding hydrogens is 359 g/mol. The van der Waals surface area contributed by atoms with Crippen molar-refractivity contribution in [1.82, 2.24) is 0 Å². The smallest absolute Gasteiger partial charge is 0.383 e. The summed E-state index contributed by atoms with van der Waals surface area (Å²) in [6.07, 6.45) is -6.09. The Morgan fingerprint density at radius 2 is 1.41 bits per heavy atom. The van der Waals surface area contributed by atoms with Crippen molar-refractivity contribution < 1.29 is 52.1 Å². The number of hydrogen-bond acceptors (Lipinski definition) is 3. The molecule has 1 rings (SSSR count). The van der Waals surface area contributed by atoms with E-state index in [0.29, 0.717) is 0 Å². The fourth-order valence-electron chi connectivity index (χ4n) is 1.43. The molecule has 0 aromatic heterocycles. The molecule has 130 valence electrons. The zero-order chi connectivity index (χ0) is 17.6. The summed E-state index contributed by atoms with van der Waals surface area (Å²) in [4.78, 5) is 0. The first-order valence-electron chi connectivity index (χ1n) is 5.41.